The lowest BCUT2D eigenvalue weighted by Gasteiger charge is -2.10. The van der Waals surface area contributed by atoms with Crippen LogP contribution < -0.4 is 10.1 Å². The number of hydrogen-bond acceptors (Lipinski definition) is 4. The highest BCUT2D eigenvalue weighted by molar-refractivity contribution is 5.96. The van der Waals surface area contributed by atoms with Crippen molar-refractivity contribution in [3.63, 3.8) is 0 Å². The van der Waals surface area contributed by atoms with Gasteiger partial charge in [0.05, 0.1) is 0 Å². The Morgan fingerprint density at radius 2 is 1.76 bits per heavy atom. The molecule has 1 amide bonds. The summed E-state index contributed by atoms with van der Waals surface area (Å²) in [5, 5.41) is 2.19. The number of rotatable bonds is 6. The van der Waals surface area contributed by atoms with Crippen LogP contribution >= 0.6 is 0 Å². The van der Waals surface area contributed by atoms with Crippen molar-refractivity contribution in [1.29, 1.82) is 0 Å². The number of carbonyl (C=O) groups excluding carboxylic acids is 2. The topological polar surface area (TPSA) is 64.6 Å². The highest BCUT2D eigenvalue weighted by atomic mass is 19.3. The van der Waals surface area contributed by atoms with Gasteiger partial charge in [0, 0.05) is 11.8 Å². The molecule has 0 aliphatic heterocycles. The first kappa shape index (κ1) is 18.2. The van der Waals surface area contributed by atoms with Crippen molar-refractivity contribution in [1.82, 2.24) is 0 Å². The Kier molecular flexibility index (Phi) is 5.93. The van der Waals surface area contributed by atoms with Crippen molar-refractivity contribution >= 4 is 17.6 Å². The Morgan fingerprint density at radius 1 is 1.04 bits per heavy atom. The van der Waals surface area contributed by atoms with E-state index in [0.717, 1.165) is 24.3 Å². The van der Waals surface area contributed by atoms with Crippen LogP contribution in [0.1, 0.15) is 10.4 Å². The summed E-state index contributed by atoms with van der Waals surface area (Å²) in [7, 11) is 0. The van der Waals surface area contributed by atoms with Crippen LogP contribution in [-0.4, -0.2) is 25.1 Å². The number of carbonyl (C=O) groups is 2. The largest absolute Gasteiger partial charge is 0.452 e. The molecule has 2 aromatic rings. The number of halogens is 4. The Balaban J connectivity index is 1.95. The molecule has 0 saturated heterocycles. The van der Waals surface area contributed by atoms with E-state index in [9.17, 15) is 27.2 Å². The number of para-hydroxylation sites is 1. The average Bonchev–Trinajstić information content (AvgIpc) is 2.56. The quantitative estimate of drug-likeness (QED) is 0.636. The van der Waals surface area contributed by atoms with Crippen molar-refractivity contribution in [2.75, 3.05) is 11.9 Å². The second-order valence-corrected chi connectivity index (χ2v) is 4.63. The number of alkyl halides is 2. The van der Waals surface area contributed by atoms with E-state index in [0.29, 0.717) is 0 Å². The zero-order chi connectivity index (χ0) is 18.4. The third kappa shape index (κ3) is 5.20. The summed E-state index contributed by atoms with van der Waals surface area (Å²) in [6.07, 6.45) is 0. The summed E-state index contributed by atoms with van der Waals surface area (Å²) in [4.78, 5) is 23.5. The summed E-state index contributed by atoms with van der Waals surface area (Å²) in [5.41, 5.74) is -0.329. The molecule has 0 radical (unpaired) electrons. The minimum absolute atomic E-state index is 0.0404. The van der Waals surface area contributed by atoms with Gasteiger partial charge in [-0.15, -0.1) is 0 Å². The van der Waals surface area contributed by atoms with Crippen LogP contribution in [0.15, 0.2) is 42.5 Å². The van der Waals surface area contributed by atoms with Gasteiger partial charge in [0.1, 0.15) is 11.3 Å². The summed E-state index contributed by atoms with van der Waals surface area (Å²) >= 11 is 0. The van der Waals surface area contributed by atoms with Gasteiger partial charge in [0.2, 0.25) is 0 Å². The molecule has 25 heavy (non-hydrogen) atoms. The molecule has 0 bridgehead atoms. The summed E-state index contributed by atoms with van der Waals surface area (Å²) in [6.45, 7) is -3.90. The predicted molar refractivity (Wildman–Crippen MR) is 78.3 cm³/mol. The molecule has 9 heteroatoms. The number of anilines is 1. The Hall–Kier alpha value is -3.10. The molecular formula is C16H11F4NO4. The normalized spacial score (nSPS) is 10.4. The molecule has 0 fully saturated rings. The maximum Gasteiger partial charge on any atom is 0.387 e. The first-order valence-corrected chi connectivity index (χ1v) is 6.82. The van der Waals surface area contributed by atoms with Crippen LogP contribution in [0.4, 0.5) is 23.2 Å². The van der Waals surface area contributed by atoms with E-state index in [1.165, 1.54) is 18.2 Å². The van der Waals surface area contributed by atoms with Gasteiger partial charge in [0.15, 0.2) is 18.2 Å². The maximum absolute atomic E-state index is 13.0. The molecule has 1 N–H and O–H groups in total. The zero-order valence-electron chi connectivity index (χ0n) is 12.5. The third-order valence-electron chi connectivity index (χ3n) is 2.86. The van der Waals surface area contributed by atoms with E-state index in [-0.39, 0.29) is 11.3 Å². The monoisotopic (exact) mass is 357 g/mol. The molecule has 0 aliphatic carbocycles. The van der Waals surface area contributed by atoms with Gasteiger partial charge in [-0.25, -0.2) is 13.6 Å². The Morgan fingerprint density at radius 3 is 2.44 bits per heavy atom. The number of benzene rings is 2. The first-order valence-electron chi connectivity index (χ1n) is 6.82. The van der Waals surface area contributed by atoms with Crippen molar-refractivity contribution in [2.24, 2.45) is 0 Å². The summed E-state index contributed by atoms with van der Waals surface area (Å²) in [6, 6.07) is 7.79. The van der Waals surface area contributed by atoms with Gasteiger partial charge in [-0.3, -0.25) is 4.79 Å². The molecule has 0 aromatic heterocycles. The van der Waals surface area contributed by atoms with E-state index in [1.807, 2.05) is 0 Å². The van der Waals surface area contributed by atoms with Gasteiger partial charge in [0.25, 0.3) is 5.91 Å². The van der Waals surface area contributed by atoms with Crippen LogP contribution in [0.25, 0.3) is 0 Å². The maximum atomic E-state index is 13.0. The molecule has 0 atom stereocenters. The van der Waals surface area contributed by atoms with Gasteiger partial charge in [-0.2, -0.15) is 8.78 Å². The third-order valence-corrected chi connectivity index (χ3v) is 2.86. The van der Waals surface area contributed by atoms with Crippen molar-refractivity contribution in [3.8, 4) is 5.75 Å². The fourth-order valence-electron chi connectivity index (χ4n) is 1.81. The van der Waals surface area contributed by atoms with Crippen LogP contribution in [0.2, 0.25) is 0 Å². The number of ether oxygens (including phenoxy) is 2. The van der Waals surface area contributed by atoms with Gasteiger partial charge in [-0.05, 0) is 24.3 Å². The average molecular weight is 357 g/mol. The number of amides is 1. The fourth-order valence-corrected chi connectivity index (χ4v) is 1.81. The van der Waals surface area contributed by atoms with E-state index in [1.54, 1.807) is 0 Å². The molecule has 2 rings (SSSR count). The van der Waals surface area contributed by atoms with Crippen molar-refractivity contribution in [3.05, 3.63) is 59.7 Å². The minimum Gasteiger partial charge on any atom is -0.452 e. The summed E-state index contributed by atoms with van der Waals surface area (Å²) < 4.78 is 59.3. The van der Waals surface area contributed by atoms with Crippen LogP contribution in [0.3, 0.4) is 0 Å². The molecule has 0 spiro atoms. The SMILES string of the molecule is O=C(COC(=O)c1ccccc1OC(F)F)Nc1ccc(F)c(F)c1. The number of nitrogens with one attached hydrogen (secondary N) is 1. The lowest BCUT2D eigenvalue weighted by molar-refractivity contribution is -0.119. The lowest BCUT2D eigenvalue weighted by atomic mass is 10.2. The van der Waals surface area contributed by atoms with Gasteiger partial charge < -0.3 is 14.8 Å². The molecule has 0 aliphatic rings. The van der Waals surface area contributed by atoms with E-state index in [4.69, 9.17) is 4.74 Å². The van der Waals surface area contributed by atoms with Crippen LogP contribution in [0, 0.1) is 11.6 Å². The van der Waals surface area contributed by atoms with Crippen LogP contribution in [0.5, 0.6) is 5.75 Å². The first-order chi connectivity index (χ1) is 11.9. The predicted octanol–water partition coefficient (Wildman–Crippen LogP) is 3.36. The fraction of sp³-hybridized carbons (Fsp3) is 0.125. The van der Waals surface area contributed by atoms with Crippen molar-refractivity contribution < 1.29 is 36.6 Å². The van der Waals surface area contributed by atoms with E-state index in [2.05, 4.69) is 10.1 Å². The van der Waals surface area contributed by atoms with Gasteiger partial charge in [-0.1, -0.05) is 12.1 Å². The zero-order valence-corrected chi connectivity index (χ0v) is 12.5. The molecular weight excluding hydrogens is 346 g/mol. The lowest BCUT2D eigenvalue weighted by Crippen LogP contribution is -2.21. The Labute approximate surface area is 139 Å². The molecule has 5 nitrogen and oxygen atoms in total. The highest BCUT2D eigenvalue weighted by Gasteiger charge is 2.17. The second kappa shape index (κ2) is 8.13. The van der Waals surface area contributed by atoms with Crippen LogP contribution in [-0.2, 0) is 9.53 Å². The van der Waals surface area contributed by atoms with Crippen molar-refractivity contribution in [2.45, 2.75) is 6.61 Å². The molecule has 0 saturated carbocycles. The number of esters is 1. The second-order valence-electron chi connectivity index (χ2n) is 4.63. The van der Waals surface area contributed by atoms with E-state index >= 15 is 0 Å². The number of hydrogen-bond donors (Lipinski definition) is 1. The Bertz CT molecular complexity index is 782. The highest BCUT2D eigenvalue weighted by Crippen LogP contribution is 2.21. The molecule has 0 heterocycles. The molecule has 0 unspecified atom stereocenters. The standard InChI is InChI=1S/C16H11F4NO4/c17-11-6-5-9(7-12(11)18)21-14(22)8-24-15(23)10-3-1-2-4-13(10)25-16(19)20/h1-7,16H,8H2,(H,21,22). The van der Waals surface area contributed by atoms with E-state index < -0.39 is 42.5 Å². The minimum atomic E-state index is -3.13. The molecule has 132 valence electrons. The van der Waals surface area contributed by atoms with Gasteiger partial charge >= 0.3 is 12.6 Å². The smallest absolute Gasteiger partial charge is 0.387 e. The summed E-state index contributed by atoms with van der Waals surface area (Å²) in [5.74, 6) is -4.53. The molecule has 2 aromatic carbocycles.